The molecule has 5 aromatic rings. The molecule has 2 aliphatic rings. The van der Waals surface area contributed by atoms with Crippen LogP contribution in [-0.4, -0.2) is 45.2 Å². The van der Waals surface area contributed by atoms with E-state index in [0.29, 0.717) is 42.2 Å². The first-order valence-corrected chi connectivity index (χ1v) is 14.9. The Morgan fingerprint density at radius 2 is 1.89 bits per heavy atom. The average Bonchev–Trinajstić information content (AvgIpc) is 3.64. The van der Waals surface area contributed by atoms with E-state index in [1.165, 1.54) is 27.7 Å². The summed E-state index contributed by atoms with van der Waals surface area (Å²) in [6.45, 7) is 1.88. The maximum atomic E-state index is 15.6. The maximum Gasteiger partial charge on any atom is 0.254 e. The van der Waals surface area contributed by atoms with Gasteiger partial charge in [0.15, 0.2) is 5.82 Å². The van der Waals surface area contributed by atoms with Gasteiger partial charge in [0.2, 0.25) is 5.91 Å². The van der Waals surface area contributed by atoms with Gasteiger partial charge in [0.1, 0.15) is 0 Å². The van der Waals surface area contributed by atoms with Crippen LogP contribution in [0, 0.1) is 11.7 Å². The summed E-state index contributed by atoms with van der Waals surface area (Å²) in [5.41, 5.74) is 3.84. The first kappa shape index (κ1) is 28.1. The van der Waals surface area contributed by atoms with Crippen molar-refractivity contribution in [2.24, 2.45) is 13.0 Å². The van der Waals surface area contributed by atoms with Gasteiger partial charge in [0.25, 0.3) is 5.56 Å². The van der Waals surface area contributed by atoms with Gasteiger partial charge < -0.3 is 5.32 Å². The number of aromatic nitrogens is 8. The number of pyridine rings is 1. The van der Waals surface area contributed by atoms with Gasteiger partial charge in [-0.1, -0.05) is 30.2 Å². The number of anilines is 1. The van der Waals surface area contributed by atoms with Gasteiger partial charge in [-0.3, -0.25) is 23.8 Å². The SMILES string of the molecule is CC1CCCC(n2cnc(-c3c(-n4cc(C5CC5)nn4)ccc(Cl)c3F)cc2=O)c2cc(ccn2)-c2c(cnn2C)NC1=O. The highest BCUT2D eigenvalue weighted by atomic mass is 35.5. The Morgan fingerprint density at radius 1 is 1.05 bits per heavy atom. The van der Waals surface area contributed by atoms with Crippen molar-refractivity contribution in [1.82, 2.24) is 39.3 Å². The van der Waals surface area contributed by atoms with Crippen molar-refractivity contribution in [3.63, 3.8) is 0 Å². The molecule has 2 unspecified atom stereocenters. The number of rotatable bonds is 4. The van der Waals surface area contributed by atoms with Crippen LogP contribution in [0.15, 0.2) is 60.0 Å². The van der Waals surface area contributed by atoms with Crippen LogP contribution >= 0.6 is 11.6 Å². The van der Waals surface area contributed by atoms with E-state index in [-0.39, 0.29) is 33.7 Å². The normalized spacial score (nSPS) is 18.7. The Morgan fingerprint density at radius 3 is 2.68 bits per heavy atom. The van der Waals surface area contributed by atoms with E-state index in [9.17, 15) is 9.59 Å². The summed E-state index contributed by atoms with van der Waals surface area (Å²) in [6.07, 6.45) is 10.4. The third-order valence-electron chi connectivity index (χ3n) is 8.41. The first-order valence-electron chi connectivity index (χ1n) is 14.6. The molecule has 1 amide bonds. The van der Waals surface area contributed by atoms with Crippen molar-refractivity contribution < 1.29 is 9.18 Å². The molecule has 2 atom stereocenters. The van der Waals surface area contributed by atoms with Gasteiger partial charge in [-0.05, 0) is 49.9 Å². The third kappa shape index (κ3) is 5.08. The molecule has 1 aromatic carbocycles. The van der Waals surface area contributed by atoms with Gasteiger partial charge in [0, 0.05) is 36.7 Å². The number of halogens is 2. The highest BCUT2D eigenvalue weighted by Gasteiger charge is 2.28. The molecule has 0 spiro atoms. The minimum Gasteiger partial charge on any atom is -0.323 e. The van der Waals surface area contributed by atoms with Crippen LogP contribution in [0.25, 0.3) is 28.2 Å². The molecule has 0 radical (unpaired) electrons. The second-order valence-corrected chi connectivity index (χ2v) is 11.9. The summed E-state index contributed by atoms with van der Waals surface area (Å²) in [5.74, 6) is -0.680. The maximum absolute atomic E-state index is 15.6. The molecule has 1 aliphatic heterocycles. The van der Waals surface area contributed by atoms with Crippen molar-refractivity contribution >= 4 is 23.2 Å². The fraction of sp³-hybridized carbons (Fsp3) is 0.323. The lowest BCUT2D eigenvalue weighted by Gasteiger charge is -2.22. The Labute approximate surface area is 256 Å². The Bertz CT molecular complexity index is 1960. The molecule has 5 heterocycles. The molecule has 13 heteroatoms. The molecule has 44 heavy (non-hydrogen) atoms. The molecule has 1 saturated carbocycles. The van der Waals surface area contributed by atoms with Crippen LogP contribution in [0.5, 0.6) is 0 Å². The molecule has 1 aliphatic carbocycles. The largest absolute Gasteiger partial charge is 0.323 e. The second-order valence-electron chi connectivity index (χ2n) is 11.5. The van der Waals surface area contributed by atoms with Crippen LogP contribution in [0.4, 0.5) is 10.1 Å². The highest BCUT2D eigenvalue weighted by Crippen LogP contribution is 2.40. The number of fused-ring (bicyclic) bond motifs is 4. The lowest BCUT2D eigenvalue weighted by Crippen LogP contribution is -2.27. The quantitative estimate of drug-likeness (QED) is 0.291. The van der Waals surface area contributed by atoms with E-state index < -0.39 is 11.9 Å². The zero-order valence-corrected chi connectivity index (χ0v) is 24.9. The zero-order chi connectivity index (χ0) is 30.5. The summed E-state index contributed by atoms with van der Waals surface area (Å²) in [6, 6.07) is 7.68. The van der Waals surface area contributed by atoms with E-state index in [0.717, 1.165) is 29.8 Å². The predicted molar refractivity (Wildman–Crippen MR) is 162 cm³/mol. The van der Waals surface area contributed by atoms with E-state index in [4.69, 9.17) is 11.6 Å². The smallest absolute Gasteiger partial charge is 0.254 e. The minimum atomic E-state index is -0.697. The molecule has 224 valence electrons. The Kier molecular flexibility index (Phi) is 7.08. The van der Waals surface area contributed by atoms with E-state index in [1.807, 2.05) is 19.1 Å². The fourth-order valence-corrected chi connectivity index (χ4v) is 5.96. The van der Waals surface area contributed by atoms with Crippen LogP contribution in [-0.2, 0) is 11.8 Å². The number of hydrogen-bond donors (Lipinski definition) is 1. The number of carbonyl (C=O) groups is 1. The number of hydrogen-bond acceptors (Lipinski definition) is 7. The van der Waals surface area contributed by atoms with Crippen molar-refractivity contribution in [2.75, 3.05) is 5.32 Å². The van der Waals surface area contributed by atoms with Crippen LogP contribution in [0.1, 0.15) is 62.4 Å². The summed E-state index contributed by atoms with van der Waals surface area (Å²) in [4.78, 5) is 35.9. The van der Waals surface area contributed by atoms with Gasteiger partial charge in [-0.2, -0.15) is 5.10 Å². The minimum absolute atomic E-state index is 0.0661. The summed E-state index contributed by atoms with van der Waals surface area (Å²) in [7, 11) is 1.81. The van der Waals surface area contributed by atoms with Crippen molar-refractivity contribution in [1.29, 1.82) is 0 Å². The van der Waals surface area contributed by atoms with E-state index in [2.05, 4.69) is 30.7 Å². The van der Waals surface area contributed by atoms with Gasteiger partial charge in [0.05, 0.1) is 69.5 Å². The van der Waals surface area contributed by atoms with Crippen LogP contribution < -0.4 is 10.9 Å². The summed E-state index contributed by atoms with van der Waals surface area (Å²) in [5, 5.41) is 15.7. The summed E-state index contributed by atoms with van der Waals surface area (Å²) >= 11 is 6.19. The number of carbonyl (C=O) groups excluding carboxylic acids is 1. The molecule has 4 aromatic heterocycles. The fourth-order valence-electron chi connectivity index (χ4n) is 5.80. The Hall–Kier alpha value is -4.71. The first-order chi connectivity index (χ1) is 21.3. The van der Waals surface area contributed by atoms with Crippen molar-refractivity contribution in [3.8, 4) is 28.2 Å². The van der Waals surface area contributed by atoms with Crippen molar-refractivity contribution in [3.05, 3.63) is 87.8 Å². The van der Waals surface area contributed by atoms with Gasteiger partial charge in [-0.15, -0.1) is 5.10 Å². The second kappa shape index (κ2) is 11.1. The zero-order valence-electron chi connectivity index (χ0n) is 24.1. The molecular formula is C31H29ClFN9O2. The molecule has 1 fully saturated rings. The summed E-state index contributed by atoms with van der Waals surface area (Å²) < 4.78 is 20.3. The van der Waals surface area contributed by atoms with E-state index >= 15 is 4.39 Å². The molecule has 7 rings (SSSR count). The lowest BCUT2D eigenvalue weighted by atomic mass is 9.97. The lowest BCUT2D eigenvalue weighted by molar-refractivity contribution is -0.119. The standard InChI is InChI=1S/C31H29ClFN9O2/c1-17-4-3-5-25(21-12-19(10-11-34-21)30-23(37-31(17)44)14-36-40(30)2)41-16-35-22(13-27(41)43)28-26(9-8-20(32)29(28)33)42-15-24(38-39-42)18-6-7-18/h8-18,25H,3-7H2,1-2H3,(H,37,44). The molecule has 11 nitrogen and oxygen atoms in total. The monoisotopic (exact) mass is 613 g/mol. The molecular weight excluding hydrogens is 585 g/mol. The van der Waals surface area contributed by atoms with E-state index in [1.54, 1.807) is 36.4 Å². The van der Waals surface area contributed by atoms with Gasteiger partial charge >= 0.3 is 0 Å². The Balaban J connectivity index is 1.31. The highest BCUT2D eigenvalue weighted by molar-refractivity contribution is 6.31. The number of nitrogens with zero attached hydrogens (tertiary/aromatic N) is 8. The molecule has 0 saturated heterocycles. The average molecular weight is 614 g/mol. The molecule has 1 N–H and O–H groups in total. The number of aryl methyl sites for hydroxylation is 1. The van der Waals surface area contributed by atoms with Crippen LogP contribution in [0.3, 0.4) is 0 Å². The number of amides is 1. The predicted octanol–water partition coefficient (Wildman–Crippen LogP) is 5.30. The number of benzene rings is 1. The topological polar surface area (TPSA) is 125 Å². The third-order valence-corrected chi connectivity index (χ3v) is 8.70. The van der Waals surface area contributed by atoms with Gasteiger partial charge in [-0.25, -0.2) is 14.1 Å². The van der Waals surface area contributed by atoms with Crippen molar-refractivity contribution in [2.45, 2.75) is 51.0 Å². The number of nitrogens with one attached hydrogen (secondary N) is 1. The van der Waals surface area contributed by atoms with Crippen LogP contribution in [0.2, 0.25) is 5.02 Å². The molecule has 2 bridgehead atoms.